The van der Waals surface area contributed by atoms with Crippen LogP contribution < -0.4 is 5.32 Å². The van der Waals surface area contributed by atoms with Gasteiger partial charge in [-0.2, -0.15) is 0 Å². The minimum atomic E-state index is -1.05. The molecule has 4 nitrogen and oxygen atoms in total. The molecule has 0 radical (unpaired) electrons. The van der Waals surface area contributed by atoms with Crippen LogP contribution >= 0.6 is 11.6 Å². The average Bonchev–Trinajstić information content (AvgIpc) is 3.30. The highest BCUT2D eigenvalue weighted by Crippen LogP contribution is 2.34. The molecule has 1 aliphatic heterocycles. The maximum atomic E-state index is 14.0. The minimum absolute atomic E-state index is 0.113. The molecule has 1 atom stereocenters. The van der Waals surface area contributed by atoms with Gasteiger partial charge in [0.05, 0.1) is 22.2 Å². The molecular weight excluding hydrogens is 379 g/mol. The molecule has 2 heterocycles. The van der Waals surface area contributed by atoms with E-state index in [4.69, 9.17) is 16.3 Å². The lowest BCUT2D eigenvalue weighted by molar-refractivity contribution is 0.0891. The molecule has 1 aromatic heterocycles. The lowest BCUT2D eigenvalue weighted by Gasteiger charge is -2.31. The first-order valence-corrected chi connectivity index (χ1v) is 10.7. The zero-order valence-corrected chi connectivity index (χ0v) is 17.1. The van der Waals surface area contributed by atoms with E-state index in [1.807, 2.05) is 24.4 Å². The Hall–Kier alpha value is -1.59. The van der Waals surface area contributed by atoms with E-state index in [2.05, 4.69) is 9.88 Å². The maximum Gasteiger partial charge on any atom is 0.253 e. The normalized spacial score (nSPS) is 28.0. The van der Waals surface area contributed by atoms with Crippen LogP contribution in [-0.2, 0) is 11.3 Å². The van der Waals surface area contributed by atoms with Gasteiger partial charge in [-0.15, -0.1) is 0 Å². The van der Waals surface area contributed by atoms with Gasteiger partial charge in [0.2, 0.25) is 0 Å². The van der Waals surface area contributed by atoms with Crippen molar-refractivity contribution in [1.82, 2.24) is 9.88 Å². The number of carbonyl (C=O) groups is 1. The van der Waals surface area contributed by atoms with Gasteiger partial charge in [0.25, 0.3) is 5.91 Å². The molecule has 1 aliphatic carbocycles. The van der Waals surface area contributed by atoms with Crippen LogP contribution in [0.2, 0.25) is 5.02 Å². The van der Waals surface area contributed by atoms with Crippen LogP contribution in [0.15, 0.2) is 24.4 Å². The second-order valence-electron chi connectivity index (χ2n) is 8.53. The van der Waals surface area contributed by atoms with Crippen molar-refractivity contribution >= 4 is 28.4 Å². The number of alkyl halides is 1. The molecular formula is C22H28ClFN2O2. The maximum absolute atomic E-state index is 14.0. The van der Waals surface area contributed by atoms with Crippen LogP contribution in [-0.4, -0.2) is 35.4 Å². The molecule has 1 aromatic carbocycles. The summed E-state index contributed by atoms with van der Waals surface area (Å²) >= 11 is 6.45. The number of amides is 1. The molecule has 1 saturated heterocycles. The molecule has 4 rings (SSSR count). The Bertz CT molecular complexity index is 848. The SMILES string of the molecule is CC1(F)CCC(CNC(=O)c2cn(C[C@H]3CCCO3)c3cccc(Cl)c23)CC1. The van der Waals surface area contributed by atoms with Crippen LogP contribution in [0, 0.1) is 5.92 Å². The summed E-state index contributed by atoms with van der Waals surface area (Å²) < 4.78 is 21.8. The molecule has 0 bridgehead atoms. The fourth-order valence-corrected chi connectivity index (χ4v) is 4.73. The predicted octanol–water partition coefficient (Wildman–Crippen LogP) is 5.12. The Morgan fingerprint density at radius 3 is 2.86 bits per heavy atom. The second kappa shape index (κ2) is 8.03. The van der Waals surface area contributed by atoms with Gasteiger partial charge in [-0.05, 0) is 63.5 Å². The number of hydrogen-bond acceptors (Lipinski definition) is 2. The molecule has 2 aromatic rings. The first-order chi connectivity index (χ1) is 13.4. The third kappa shape index (κ3) is 4.20. The summed E-state index contributed by atoms with van der Waals surface area (Å²) in [6.07, 6.45) is 6.97. The van der Waals surface area contributed by atoms with Gasteiger partial charge in [-0.25, -0.2) is 4.39 Å². The predicted molar refractivity (Wildman–Crippen MR) is 110 cm³/mol. The first-order valence-electron chi connectivity index (χ1n) is 10.3. The Labute approximate surface area is 170 Å². The monoisotopic (exact) mass is 406 g/mol. The Kier molecular flexibility index (Phi) is 5.66. The second-order valence-corrected chi connectivity index (χ2v) is 8.94. The molecule has 152 valence electrons. The van der Waals surface area contributed by atoms with Gasteiger partial charge in [0.15, 0.2) is 0 Å². The van der Waals surface area contributed by atoms with Crippen molar-refractivity contribution in [2.24, 2.45) is 5.92 Å². The van der Waals surface area contributed by atoms with Crippen molar-refractivity contribution in [3.8, 4) is 0 Å². The molecule has 6 heteroatoms. The van der Waals surface area contributed by atoms with Gasteiger partial charge in [0, 0.05) is 31.3 Å². The number of halogens is 2. The van der Waals surface area contributed by atoms with E-state index in [1.54, 1.807) is 6.92 Å². The van der Waals surface area contributed by atoms with Crippen molar-refractivity contribution in [3.63, 3.8) is 0 Å². The third-order valence-corrected chi connectivity index (χ3v) is 6.54. The largest absolute Gasteiger partial charge is 0.376 e. The summed E-state index contributed by atoms with van der Waals surface area (Å²) in [5.41, 5.74) is 0.507. The Morgan fingerprint density at radius 2 is 2.14 bits per heavy atom. The molecule has 28 heavy (non-hydrogen) atoms. The summed E-state index contributed by atoms with van der Waals surface area (Å²) in [6.45, 7) is 3.78. The van der Waals surface area contributed by atoms with Gasteiger partial charge in [-0.3, -0.25) is 4.79 Å². The lowest BCUT2D eigenvalue weighted by atomic mass is 9.81. The van der Waals surface area contributed by atoms with Crippen LogP contribution in [0.3, 0.4) is 0 Å². The highest BCUT2D eigenvalue weighted by molar-refractivity contribution is 6.36. The summed E-state index contributed by atoms with van der Waals surface area (Å²) in [6, 6.07) is 5.73. The van der Waals surface area contributed by atoms with E-state index in [0.717, 1.165) is 49.7 Å². The van der Waals surface area contributed by atoms with Crippen molar-refractivity contribution in [2.45, 2.75) is 63.8 Å². The number of hydrogen-bond donors (Lipinski definition) is 1. The number of nitrogens with one attached hydrogen (secondary N) is 1. The molecule has 2 aliphatic rings. The number of rotatable bonds is 5. The van der Waals surface area contributed by atoms with Crippen LogP contribution in [0.5, 0.6) is 0 Å². The van der Waals surface area contributed by atoms with E-state index in [-0.39, 0.29) is 12.0 Å². The number of carbonyl (C=O) groups excluding carboxylic acids is 1. The smallest absolute Gasteiger partial charge is 0.253 e. The van der Waals surface area contributed by atoms with Gasteiger partial charge in [-0.1, -0.05) is 17.7 Å². The van der Waals surface area contributed by atoms with E-state index < -0.39 is 5.67 Å². The zero-order valence-electron chi connectivity index (χ0n) is 16.3. The summed E-state index contributed by atoms with van der Waals surface area (Å²) in [7, 11) is 0. The standard InChI is InChI=1S/C22H28ClFN2O2/c1-22(24)9-7-15(8-10-22)12-25-21(27)17-14-26(13-16-4-3-11-28-16)19-6-2-5-18(23)20(17)19/h2,5-6,14-16H,3-4,7-13H2,1H3,(H,25,27)/t15?,16-,22?/m1/s1. The van der Waals surface area contributed by atoms with Crippen LogP contribution in [0.1, 0.15) is 55.8 Å². The van der Waals surface area contributed by atoms with Crippen molar-refractivity contribution in [2.75, 3.05) is 13.2 Å². The molecule has 1 amide bonds. The Morgan fingerprint density at radius 1 is 1.36 bits per heavy atom. The van der Waals surface area contributed by atoms with Gasteiger partial charge < -0.3 is 14.6 Å². The fraction of sp³-hybridized carbons (Fsp3) is 0.591. The number of ether oxygens (including phenoxy) is 1. The average molecular weight is 407 g/mol. The van der Waals surface area contributed by atoms with Gasteiger partial charge >= 0.3 is 0 Å². The third-order valence-electron chi connectivity index (χ3n) is 6.22. The zero-order chi connectivity index (χ0) is 19.7. The topological polar surface area (TPSA) is 43.3 Å². The minimum Gasteiger partial charge on any atom is -0.376 e. The van der Waals surface area contributed by atoms with Crippen LogP contribution in [0.4, 0.5) is 4.39 Å². The Balaban J connectivity index is 1.50. The lowest BCUT2D eigenvalue weighted by Crippen LogP contribution is -2.34. The summed E-state index contributed by atoms with van der Waals surface area (Å²) in [5.74, 6) is 0.223. The number of benzene rings is 1. The van der Waals surface area contributed by atoms with Gasteiger partial charge in [0.1, 0.15) is 5.67 Å². The molecule has 2 fully saturated rings. The first kappa shape index (κ1) is 19.7. The highest BCUT2D eigenvalue weighted by Gasteiger charge is 2.31. The number of aromatic nitrogens is 1. The number of fused-ring (bicyclic) bond motifs is 1. The molecule has 1 saturated carbocycles. The quantitative estimate of drug-likeness (QED) is 0.748. The van der Waals surface area contributed by atoms with Crippen LogP contribution in [0.25, 0.3) is 10.9 Å². The fourth-order valence-electron chi connectivity index (χ4n) is 4.46. The molecule has 1 N–H and O–H groups in total. The van der Waals surface area contributed by atoms with E-state index in [9.17, 15) is 9.18 Å². The van der Waals surface area contributed by atoms with E-state index in [1.165, 1.54) is 0 Å². The molecule has 0 unspecified atom stereocenters. The highest BCUT2D eigenvalue weighted by atomic mass is 35.5. The van der Waals surface area contributed by atoms with E-state index in [0.29, 0.717) is 35.9 Å². The molecule has 0 spiro atoms. The van der Waals surface area contributed by atoms with Crippen molar-refractivity contribution < 1.29 is 13.9 Å². The summed E-state index contributed by atoms with van der Waals surface area (Å²) in [5, 5.41) is 4.43. The summed E-state index contributed by atoms with van der Waals surface area (Å²) in [4.78, 5) is 12.9. The van der Waals surface area contributed by atoms with E-state index >= 15 is 0 Å². The van der Waals surface area contributed by atoms with Crippen molar-refractivity contribution in [3.05, 3.63) is 35.0 Å². The van der Waals surface area contributed by atoms with Crippen molar-refractivity contribution in [1.29, 1.82) is 0 Å². The number of nitrogens with zero attached hydrogens (tertiary/aromatic N) is 1.